The van der Waals surface area contributed by atoms with Gasteiger partial charge in [0.25, 0.3) is 0 Å². The fourth-order valence-corrected chi connectivity index (χ4v) is 2.32. The van der Waals surface area contributed by atoms with E-state index in [1.807, 2.05) is 12.1 Å². The fraction of sp³-hybridized carbons (Fsp3) is 0.647. The molecule has 4 nitrogen and oxygen atoms in total. The second-order valence-corrected chi connectivity index (χ2v) is 5.43. The summed E-state index contributed by atoms with van der Waals surface area (Å²) in [6.45, 7) is 5.43. The Hall–Kier alpha value is -1.42. The number of hydrogen-bond acceptors (Lipinski definition) is 4. The first-order chi connectivity index (χ1) is 10.1. The Labute approximate surface area is 128 Å². The van der Waals surface area contributed by atoms with Crippen molar-refractivity contribution in [3.8, 4) is 17.2 Å². The maximum Gasteiger partial charge on any atom is 0.129 e. The SMILES string of the molecule is COc1cc(OC)c(CCCCCNC(C)C)c(OC)c1. The van der Waals surface area contributed by atoms with Gasteiger partial charge in [0.1, 0.15) is 17.2 Å². The van der Waals surface area contributed by atoms with Gasteiger partial charge in [-0.25, -0.2) is 0 Å². The van der Waals surface area contributed by atoms with E-state index < -0.39 is 0 Å². The van der Waals surface area contributed by atoms with E-state index in [4.69, 9.17) is 14.2 Å². The highest BCUT2D eigenvalue weighted by molar-refractivity contribution is 5.50. The predicted octanol–water partition coefficient (Wildman–Crippen LogP) is 3.42. The van der Waals surface area contributed by atoms with Crippen LogP contribution in [0.15, 0.2) is 12.1 Å². The van der Waals surface area contributed by atoms with E-state index >= 15 is 0 Å². The van der Waals surface area contributed by atoms with Crippen LogP contribution in [0.1, 0.15) is 38.7 Å². The van der Waals surface area contributed by atoms with Crippen LogP contribution in [0, 0.1) is 0 Å². The minimum atomic E-state index is 0.562. The van der Waals surface area contributed by atoms with Gasteiger partial charge >= 0.3 is 0 Å². The van der Waals surface area contributed by atoms with Crippen LogP contribution in [-0.2, 0) is 6.42 Å². The number of ether oxygens (including phenoxy) is 3. The molecular weight excluding hydrogens is 266 g/mol. The molecule has 120 valence electrons. The molecule has 0 radical (unpaired) electrons. The van der Waals surface area contributed by atoms with Crippen molar-refractivity contribution in [2.24, 2.45) is 0 Å². The van der Waals surface area contributed by atoms with Gasteiger partial charge < -0.3 is 19.5 Å². The minimum absolute atomic E-state index is 0.562. The molecule has 0 spiro atoms. The molecule has 21 heavy (non-hydrogen) atoms. The van der Waals surface area contributed by atoms with Gasteiger partial charge in [-0.05, 0) is 25.8 Å². The summed E-state index contributed by atoms with van der Waals surface area (Å²) in [5.74, 6) is 2.44. The molecule has 0 aliphatic rings. The summed E-state index contributed by atoms with van der Waals surface area (Å²) < 4.78 is 16.2. The van der Waals surface area contributed by atoms with E-state index in [-0.39, 0.29) is 0 Å². The fourth-order valence-electron chi connectivity index (χ4n) is 2.32. The summed E-state index contributed by atoms with van der Waals surface area (Å²) in [4.78, 5) is 0. The zero-order valence-electron chi connectivity index (χ0n) is 14.0. The summed E-state index contributed by atoms with van der Waals surface area (Å²) in [5.41, 5.74) is 1.12. The van der Waals surface area contributed by atoms with E-state index in [0.717, 1.165) is 42.2 Å². The van der Waals surface area contributed by atoms with Gasteiger partial charge in [0, 0.05) is 23.7 Å². The van der Waals surface area contributed by atoms with Gasteiger partial charge in [0.05, 0.1) is 21.3 Å². The minimum Gasteiger partial charge on any atom is -0.496 e. The Kier molecular flexibility index (Phi) is 7.98. The summed E-state index contributed by atoms with van der Waals surface area (Å²) in [6.07, 6.45) is 4.47. The molecule has 0 aliphatic heterocycles. The molecule has 4 heteroatoms. The molecular formula is C17H29NO3. The van der Waals surface area contributed by atoms with Gasteiger partial charge in [-0.1, -0.05) is 20.3 Å². The van der Waals surface area contributed by atoms with Crippen LogP contribution in [0.5, 0.6) is 17.2 Å². The maximum atomic E-state index is 5.47. The monoisotopic (exact) mass is 295 g/mol. The third-order valence-corrected chi connectivity index (χ3v) is 3.47. The smallest absolute Gasteiger partial charge is 0.129 e. The van der Waals surface area contributed by atoms with Gasteiger partial charge in [-0.3, -0.25) is 0 Å². The highest BCUT2D eigenvalue weighted by Crippen LogP contribution is 2.35. The average Bonchev–Trinajstić information content (AvgIpc) is 2.49. The van der Waals surface area contributed by atoms with Crippen LogP contribution in [0.2, 0.25) is 0 Å². The molecule has 0 aromatic heterocycles. The van der Waals surface area contributed by atoms with Gasteiger partial charge in [0.15, 0.2) is 0 Å². The van der Waals surface area contributed by atoms with Gasteiger partial charge in [0.2, 0.25) is 0 Å². The van der Waals surface area contributed by atoms with Crippen molar-refractivity contribution in [1.82, 2.24) is 5.32 Å². The van der Waals surface area contributed by atoms with Crippen molar-refractivity contribution in [3.63, 3.8) is 0 Å². The topological polar surface area (TPSA) is 39.7 Å². The van der Waals surface area contributed by atoms with E-state index in [1.54, 1.807) is 21.3 Å². The largest absolute Gasteiger partial charge is 0.496 e. The van der Waals surface area contributed by atoms with E-state index in [0.29, 0.717) is 6.04 Å². The summed E-state index contributed by atoms with van der Waals surface area (Å²) in [6, 6.07) is 4.39. The highest BCUT2D eigenvalue weighted by atomic mass is 16.5. The van der Waals surface area contributed by atoms with Crippen molar-refractivity contribution in [3.05, 3.63) is 17.7 Å². The molecule has 1 aromatic carbocycles. The zero-order chi connectivity index (χ0) is 15.7. The lowest BCUT2D eigenvalue weighted by Gasteiger charge is -2.15. The second kappa shape index (κ2) is 9.50. The van der Waals surface area contributed by atoms with Crippen molar-refractivity contribution < 1.29 is 14.2 Å². The van der Waals surface area contributed by atoms with E-state index in [1.165, 1.54) is 12.8 Å². The molecule has 1 rings (SSSR count). The van der Waals surface area contributed by atoms with E-state index in [9.17, 15) is 0 Å². The normalized spacial score (nSPS) is 10.8. The van der Waals surface area contributed by atoms with Crippen LogP contribution in [0.3, 0.4) is 0 Å². The van der Waals surface area contributed by atoms with Crippen LogP contribution >= 0.6 is 0 Å². The second-order valence-electron chi connectivity index (χ2n) is 5.43. The zero-order valence-corrected chi connectivity index (χ0v) is 14.0. The number of nitrogens with one attached hydrogen (secondary N) is 1. The molecule has 0 heterocycles. The molecule has 0 atom stereocenters. The van der Waals surface area contributed by atoms with Gasteiger partial charge in [-0.15, -0.1) is 0 Å². The third-order valence-electron chi connectivity index (χ3n) is 3.47. The van der Waals surface area contributed by atoms with Crippen molar-refractivity contribution >= 4 is 0 Å². The molecule has 0 fully saturated rings. The van der Waals surface area contributed by atoms with Crippen molar-refractivity contribution in [2.45, 2.75) is 45.6 Å². The van der Waals surface area contributed by atoms with Crippen LogP contribution in [0.25, 0.3) is 0 Å². The number of unbranched alkanes of at least 4 members (excludes halogenated alkanes) is 2. The number of methoxy groups -OCH3 is 3. The van der Waals surface area contributed by atoms with Gasteiger partial charge in [-0.2, -0.15) is 0 Å². The molecule has 0 bridgehead atoms. The quantitative estimate of drug-likeness (QED) is 0.671. The summed E-state index contributed by atoms with van der Waals surface area (Å²) >= 11 is 0. The van der Waals surface area contributed by atoms with Crippen LogP contribution < -0.4 is 19.5 Å². The molecule has 0 aliphatic carbocycles. The lowest BCUT2D eigenvalue weighted by molar-refractivity contribution is 0.367. The number of hydrogen-bond donors (Lipinski definition) is 1. The Balaban J connectivity index is 2.57. The Bertz CT molecular complexity index is 393. The average molecular weight is 295 g/mol. The third kappa shape index (κ3) is 5.84. The maximum absolute atomic E-state index is 5.47. The first-order valence-corrected chi connectivity index (χ1v) is 7.64. The standard InChI is InChI=1S/C17H29NO3/c1-13(2)18-10-8-6-7-9-15-16(20-4)11-14(19-3)12-17(15)21-5/h11-13,18H,6-10H2,1-5H3. The summed E-state index contributed by atoms with van der Waals surface area (Å²) in [7, 11) is 5.02. The Morgan fingerprint density at radius 1 is 0.905 bits per heavy atom. The highest BCUT2D eigenvalue weighted by Gasteiger charge is 2.12. The number of benzene rings is 1. The Morgan fingerprint density at radius 2 is 1.52 bits per heavy atom. The number of rotatable bonds is 10. The predicted molar refractivity (Wildman–Crippen MR) is 86.8 cm³/mol. The first-order valence-electron chi connectivity index (χ1n) is 7.64. The van der Waals surface area contributed by atoms with Crippen molar-refractivity contribution in [2.75, 3.05) is 27.9 Å². The van der Waals surface area contributed by atoms with E-state index in [2.05, 4.69) is 19.2 Å². The van der Waals surface area contributed by atoms with Crippen LogP contribution in [0.4, 0.5) is 0 Å². The molecule has 0 amide bonds. The van der Waals surface area contributed by atoms with Crippen LogP contribution in [-0.4, -0.2) is 33.9 Å². The summed E-state index contributed by atoms with van der Waals surface area (Å²) in [5, 5.41) is 3.44. The molecule has 0 unspecified atom stereocenters. The molecule has 0 saturated heterocycles. The lowest BCUT2D eigenvalue weighted by atomic mass is 10.0. The Morgan fingerprint density at radius 3 is 2.00 bits per heavy atom. The lowest BCUT2D eigenvalue weighted by Crippen LogP contribution is -2.23. The molecule has 1 N–H and O–H groups in total. The molecule has 1 aromatic rings. The van der Waals surface area contributed by atoms with Crippen molar-refractivity contribution in [1.29, 1.82) is 0 Å². The molecule has 0 saturated carbocycles. The first kappa shape index (κ1) is 17.6.